The molecule has 2 aromatic rings. The zero-order valence-electron chi connectivity index (χ0n) is 16.2. The summed E-state index contributed by atoms with van der Waals surface area (Å²) in [7, 11) is 1.70. The Morgan fingerprint density at radius 3 is 2.28 bits per heavy atom. The van der Waals surface area contributed by atoms with Gasteiger partial charge in [-0.15, -0.1) is 11.3 Å². The molecule has 0 aliphatic heterocycles. The lowest BCUT2D eigenvalue weighted by Crippen LogP contribution is -1.90. The molecule has 1 nitrogen and oxygen atoms in total. The zero-order chi connectivity index (χ0) is 18.1. The average Bonchev–Trinajstić information content (AvgIpc) is 2.90. The standard InChI is InChI=1S/C23H32OS/c1-5-6-7-8-9-10-11-22-18(2)19(3)25-23(22)17-14-20-12-15-21(24-4)16-13-20/h12-17H,5-11H2,1-4H3. The van der Waals surface area contributed by atoms with Gasteiger partial charge in [-0.1, -0.05) is 57.2 Å². The molecule has 0 aliphatic rings. The average molecular weight is 357 g/mol. The number of methoxy groups -OCH3 is 1. The van der Waals surface area contributed by atoms with Crippen LogP contribution in [0.3, 0.4) is 0 Å². The summed E-state index contributed by atoms with van der Waals surface area (Å²) in [5.41, 5.74) is 4.27. The first-order valence-corrected chi connectivity index (χ1v) is 10.4. The van der Waals surface area contributed by atoms with Gasteiger partial charge < -0.3 is 4.74 Å². The molecule has 0 amide bonds. The fourth-order valence-corrected chi connectivity index (χ4v) is 4.24. The van der Waals surface area contributed by atoms with Gasteiger partial charge in [-0.2, -0.15) is 0 Å². The Morgan fingerprint density at radius 1 is 0.920 bits per heavy atom. The van der Waals surface area contributed by atoms with Crippen molar-refractivity contribution in [1.29, 1.82) is 0 Å². The second kappa shape index (κ2) is 10.5. The quantitative estimate of drug-likeness (QED) is 0.402. The van der Waals surface area contributed by atoms with Crippen LogP contribution in [0.25, 0.3) is 12.2 Å². The van der Waals surface area contributed by atoms with E-state index in [2.05, 4.69) is 45.1 Å². The number of hydrogen-bond acceptors (Lipinski definition) is 2. The van der Waals surface area contributed by atoms with Gasteiger partial charge in [0, 0.05) is 9.75 Å². The number of unbranched alkanes of at least 4 members (excludes halogenated alkanes) is 5. The predicted octanol–water partition coefficient (Wildman–Crippen LogP) is 7.45. The maximum atomic E-state index is 5.23. The minimum atomic E-state index is 0.906. The highest BCUT2D eigenvalue weighted by atomic mass is 32.1. The summed E-state index contributed by atoms with van der Waals surface area (Å²) in [6, 6.07) is 8.25. The van der Waals surface area contributed by atoms with Crippen molar-refractivity contribution in [3.63, 3.8) is 0 Å². The lowest BCUT2D eigenvalue weighted by atomic mass is 10.0. The molecule has 2 heteroatoms. The van der Waals surface area contributed by atoms with Crippen molar-refractivity contribution >= 4 is 23.5 Å². The summed E-state index contributed by atoms with van der Waals surface area (Å²) in [6.07, 6.45) is 13.9. The van der Waals surface area contributed by atoms with E-state index in [0.717, 1.165) is 5.75 Å². The molecule has 0 unspecified atom stereocenters. The molecule has 0 aliphatic carbocycles. The third-order valence-corrected chi connectivity index (χ3v) is 6.08. The van der Waals surface area contributed by atoms with Crippen LogP contribution in [0.15, 0.2) is 24.3 Å². The summed E-state index contributed by atoms with van der Waals surface area (Å²) in [6.45, 7) is 6.80. The predicted molar refractivity (Wildman–Crippen MR) is 113 cm³/mol. The Hall–Kier alpha value is -1.54. The van der Waals surface area contributed by atoms with E-state index in [1.807, 2.05) is 23.5 Å². The van der Waals surface area contributed by atoms with E-state index in [1.165, 1.54) is 65.8 Å². The second-order valence-corrected chi connectivity index (χ2v) is 8.01. The lowest BCUT2D eigenvalue weighted by Gasteiger charge is -2.04. The molecule has 0 fully saturated rings. The van der Waals surface area contributed by atoms with Crippen molar-refractivity contribution in [2.45, 2.75) is 65.7 Å². The fourth-order valence-electron chi connectivity index (χ4n) is 3.11. The summed E-state index contributed by atoms with van der Waals surface area (Å²) in [5.74, 6) is 0.906. The SMILES string of the molecule is CCCCCCCCc1c(C=Cc2ccc(OC)cc2)sc(C)c1C. The van der Waals surface area contributed by atoms with Crippen LogP contribution in [0.1, 0.15) is 71.9 Å². The third kappa shape index (κ3) is 6.04. The van der Waals surface area contributed by atoms with E-state index in [4.69, 9.17) is 4.74 Å². The van der Waals surface area contributed by atoms with Crippen LogP contribution in [0.2, 0.25) is 0 Å². The highest BCUT2D eigenvalue weighted by molar-refractivity contribution is 7.13. The molecule has 0 saturated heterocycles. The van der Waals surface area contributed by atoms with E-state index in [0.29, 0.717) is 0 Å². The van der Waals surface area contributed by atoms with Gasteiger partial charge in [-0.05, 0) is 61.6 Å². The third-order valence-electron chi connectivity index (χ3n) is 4.86. The van der Waals surface area contributed by atoms with Crippen molar-refractivity contribution in [3.05, 3.63) is 50.7 Å². The number of hydrogen-bond donors (Lipinski definition) is 0. The van der Waals surface area contributed by atoms with E-state index >= 15 is 0 Å². The van der Waals surface area contributed by atoms with Crippen molar-refractivity contribution in [2.75, 3.05) is 7.11 Å². The first-order valence-electron chi connectivity index (χ1n) is 9.56. The van der Waals surface area contributed by atoms with Gasteiger partial charge in [0.15, 0.2) is 0 Å². The van der Waals surface area contributed by atoms with Gasteiger partial charge >= 0.3 is 0 Å². The molecule has 136 valence electrons. The molecule has 0 N–H and O–H groups in total. The molecule has 0 bridgehead atoms. The smallest absolute Gasteiger partial charge is 0.118 e. The highest BCUT2D eigenvalue weighted by Crippen LogP contribution is 2.31. The van der Waals surface area contributed by atoms with Gasteiger partial charge in [-0.25, -0.2) is 0 Å². The maximum Gasteiger partial charge on any atom is 0.118 e. The first kappa shape index (κ1) is 19.8. The van der Waals surface area contributed by atoms with Crippen molar-refractivity contribution in [2.24, 2.45) is 0 Å². The molecule has 0 spiro atoms. The molecule has 0 atom stereocenters. The Morgan fingerprint density at radius 2 is 1.60 bits per heavy atom. The Bertz CT molecular complexity index is 664. The zero-order valence-corrected chi connectivity index (χ0v) is 17.0. The van der Waals surface area contributed by atoms with Gasteiger partial charge in [0.2, 0.25) is 0 Å². The van der Waals surface area contributed by atoms with Gasteiger partial charge in [0.1, 0.15) is 5.75 Å². The highest BCUT2D eigenvalue weighted by Gasteiger charge is 2.10. The minimum absolute atomic E-state index is 0.906. The molecular weight excluding hydrogens is 324 g/mol. The summed E-state index contributed by atoms with van der Waals surface area (Å²) in [5, 5.41) is 0. The molecule has 1 aromatic heterocycles. The van der Waals surface area contributed by atoms with E-state index in [1.54, 1.807) is 12.7 Å². The maximum absolute atomic E-state index is 5.23. The molecule has 0 radical (unpaired) electrons. The molecule has 2 rings (SSSR count). The summed E-state index contributed by atoms with van der Waals surface area (Å²) in [4.78, 5) is 2.88. The number of benzene rings is 1. The molecule has 1 aromatic carbocycles. The van der Waals surface area contributed by atoms with E-state index < -0.39 is 0 Å². The monoisotopic (exact) mass is 356 g/mol. The summed E-state index contributed by atoms with van der Waals surface area (Å²) >= 11 is 1.93. The molecule has 1 heterocycles. The van der Waals surface area contributed by atoms with Crippen LogP contribution < -0.4 is 4.74 Å². The van der Waals surface area contributed by atoms with Gasteiger partial charge in [0.05, 0.1) is 7.11 Å². The lowest BCUT2D eigenvalue weighted by molar-refractivity contribution is 0.415. The van der Waals surface area contributed by atoms with Gasteiger partial charge in [-0.3, -0.25) is 0 Å². The van der Waals surface area contributed by atoms with Crippen LogP contribution in [0.4, 0.5) is 0 Å². The van der Waals surface area contributed by atoms with Crippen molar-refractivity contribution < 1.29 is 4.74 Å². The van der Waals surface area contributed by atoms with E-state index in [-0.39, 0.29) is 0 Å². The normalized spacial score (nSPS) is 11.4. The summed E-state index contributed by atoms with van der Waals surface area (Å²) < 4.78 is 5.23. The number of aryl methyl sites for hydroxylation is 1. The van der Waals surface area contributed by atoms with Crippen LogP contribution in [-0.2, 0) is 6.42 Å². The molecule has 0 saturated carbocycles. The number of ether oxygens (including phenoxy) is 1. The van der Waals surface area contributed by atoms with Crippen molar-refractivity contribution in [1.82, 2.24) is 0 Å². The van der Waals surface area contributed by atoms with Crippen LogP contribution in [0.5, 0.6) is 5.75 Å². The molecule has 25 heavy (non-hydrogen) atoms. The topological polar surface area (TPSA) is 9.23 Å². The first-order chi connectivity index (χ1) is 12.2. The number of thiophene rings is 1. The van der Waals surface area contributed by atoms with Crippen LogP contribution >= 0.6 is 11.3 Å². The van der Waals surface area contributed by atoms with Gasteiger partial charge in [0.25, 0.3) is 0 Å². The van der Waals surface area contributed by atoms with Crippen LogP contribution in [-0.4, -0.2) is 7.11 Å². The minimum Gasteiger partial charge on any atom is -0.497 e. The Labute approximate surface area is 157 Å². The fraction of sp³-hybridized carbons (Fsp3) is 0.478. The van der Waals surface area contributed by atoms with Crippen molar-refractivity contribution in [3.8, 4) is 5.75 Å². The second-order valence-electron chi connectivity index (χ2n) is 6.75. The Balaban J connectivity index is 1.99. The largest absolute Gasteiger partial charge is 0.497 e. The van der Waals surface area contributed by atoms with Crippen LogP contribution in [0, 0.1) is 13.8 Å². The number of rotatable bonds is 10. The molecular formula is C23H32OS. The Kier molecular flexibility index (Phi) is 8.27. The van der Waals surface area contributed by atoms with E-state index in [9.17, 15) is 0 Å².